The zero-order chi connectivity index (χ0) is 19.3. The molecular formula is C18H14F3N3O2. The minimum absolute atomic E-state index is 0.161. The number of hydrogen-bond donors (Lipinski definition) is 1. The molecule has 2 rings (SSSR count). The summed E-state index contributed by atoms with van der Waals surface area (Å²) in [6, 6.07) is 12.2. The number of anilines is 2. The lowest BCUT2D eigenvalue weighted by atomic mass is 10.2. The molecule has 5 nitrogen and oxygen atoms in total. The summed E-state index contributed by atoms with van der Waals surface area (Å²) in [6.45, 7) is 0.800. The van der Waals surface area contributed by atoms with Crippen molar-refractivity contribution in [1.29, 1.82) is 5.26 Å². The summed E-state index contributed by atoms with van der Waals surface area (Å²) >= 11 is 0. The number of halogens is 3. The number of carbonyl (C=O) groups is 2. The van der Waals surface area contributed by atoms with Gasteiger partial charge in [0.05, 0.1) is 16.8 Å². The van der Waals surface area contributed by atoms with E-state index in [0.717, 1.165) is 29.2 Å². The average Bonchev–Trinajstić information content (AvgIpc) is 2.59. The van der Waals surface area contributed by atoms with Crippen LogP contribution in [0.5, 0.6) is 0 Å². The Labute approximate surface area is 147 Å². The highest BCUT2D eigenvalue weighted by Crippen LogP contribution is 2.30. The first-order valence-corrected chi connectivity index (χ1v) is 7.46. The van der Waals surface area contributed by atoms with Gasteiger partial charge in [-0.25, -0.2) is 0 Å². The minimum Gasteiger partial charge on any atom is -0.323 e. The van der Waals surface area contributed by atoms with Gasteiger partial charge in [0, 0.05) is 12.6 Å². The van der Waals surface area contributed by atoms with Crippen LogP contribution < -0.4 is 10.2 Å². The Morgan fingerprint density at radius 1 is 1.12 bits per heavy atom. The average molecular weight is 361 g/mol. The van der Waals surface area contributed by atoms with Crippen molar-refractivity contribution in [1.82, 2.24) is 0 Å². The molecular weight excluding hydrogens is 347 g/mol. The standard InChI is InChI=1S/C18H14F3N3O2/c1-12(25)24(15-8-6-14(7-9-15)18(19,20)21)11-17(26)23-16-5-3-2-4-13(16)10-22/h2-9H,11H2,1H3,(H,23,26). The summed E-state index contributed by atoms with van der Waals surface area (Å²) in [6.07, 6.45) is -4.49. The van der Waals surface area contributed by atoms with E-state index in [1.165, 1.54) is 19.1 Å². The second-order valence-electron chi connectivity index (χ2n) is 5.36. The van der Waals surface area contributed by atoms with E-state index in [2.05, 4.69) is 5.32 Å². The third-order valence-electron chi connectivity index (χ3n) is 3.51. The molecule has 0 fully saturated rings. The van der Waals surface area contributed by atoms with Crippen LogP contribution in [0.25, 0.3) is 0 Å². The normalized spacial score (nSPS) is 10.7. The molecule has 2 aromatic rings. The number of hydrogen-bond acceptors (Lipinski definition) is 3. The maximum absolute atomic E-state index is 12.6. The van der Waals surface area contributed by atoms with E-state index in [9.17, 15) is 22.8 Å². The molecule has 0 unspecified atom stereocenters. The van der Waals surface area contributed by atoms with Gasteiger partial charge in [-0.05, 0) is 36.4 Å². The van der Waals surface area contributed by atoms with Crippen LogP contribution >= 0.6 is 0 Å². The smallest absolute Gasteiger partial charge is 0.323 e. The summed E-state index contributed by atoms with van der Waals surface area (Å²) in [5, 5.41) is 11.5. The van der Waals surface area contributed by atoms with Crippen LogP contribution in [0.2, 0.25) is 0 Å². The lowest BCUT2D eigenvalue weighted by molar-refractivity contribution is -0.137. The summed E-state index contributed by atoms with van der Waals surface area (Å²) in [7, 11) is 0. The van der Waals surface area contributed by atoms with Gasteiger partial charge in [0.15, 0.2) is 0 Å². The number of alkyl halides is 3. The fourth-order valence-corrected chi connectivity index (χ4v) is 2.24. The molecule has 1 N–H and O–H groups in total. The van der Waals surface area contributed by atoms with Crippen LogP contribution in [-0.4, -0.2) is 18.4 Å². The molecule has 0 aromatic heterocycles. The number of nitrogens with zero attached hydrogens (tertiary/aromatic N) is 2. The topological polar surface area (TPSA) is 73.2 Å². The summed E-state index contributed by atoms with van der Waals surface area (Å²) < 4.78 is 37.9. The van der Waals surface area contributed by atoms with Crippen molar-refractivity contribution in [2.24, 2.45) is 0 Å². The van der Waals surface area contributed by atoms with Crippen LogP contribution in [0.15, 0.2) is 48.5 Å². The molecule has 0 saturated heterocycles. The molecule has 8 heteroatoms. The van der Waals surface area contributed by atoms with Crippen LogP contribution in [-0.2, 0) is 15.8 Å². The second kappa shape index (κ2) is 7.70. The van der Waals surface area contributed by atoms with Crippen molar-refractivity contribution in [3.8, 4) is 6.07 Å². The molecule has 0 aliphatic rings. The molecule has 0 radical (unpaired) electrons. The monoisotopic (exact) mass is 361 g/mol. The van der Waals surface area contributed by atoms with Gasteiger partial charge in [-0.15, -0.1) is 0 Å². The molecule has 0 bridgehead atoms. The van der Waals surface area contributed by atoms with Crippen LogP contribution in [0, 0.1) is 11.3 Å². The van der Waals surface area contributed by atoms with E-state index in [0.29, 0.717) is 0 Å². The molecule has 0 spiro atoms. The largest absolute Gasteiger partial charge is 0.416 e. The number of carbonyl (C=O) groups excluding carboxylic acids is 2. The maximum Gasteiger partial charge on any atom is 0.416 e. The van der Waals surface area contributed by atoms with Gasteiger partial charge >= 0.3 is 6.18 Å². The number of para-hydroxylation sites is 1. The molecule has 2 aromatic carbocycles. The van der Waals surface area contributed by atoms with Crippen molar-refractivity contribution in [3.05, 3.63) is 59.7 Å². The van der Waals surface area contributed by atoms with E-state index >= 15 is 0 Å². The van der Waals surface area contributed by atoms with E-state index in [4.69, 9.17) is 5.26 Å². The fourth-order valence-electron chi connectivity index (χ4n) is 2.24. The van der Waals surface area contributed by atoms with E-state index in [-0.39, 0.29) is 16.9 Å². The Morgan fingerprint density at radius 3 is 2.27 bits per heavy atom. The zero-order valence-corrected chi connectivity index (χ0v) is 13.7. The van der Waals surface area contributed by atoms with Gasteiger partial charge in [0.2, 0.25) is 11.8 Å². The first-order chi connectivity index (χ1) is 12.2. The van der Waals surface area contributed by atoms with Crippen molar-refractivity contribution >= 4 is 23.2 Å². The van der Waals surface area contributed by atoms with Crippen molar-refractivity contribution in [2.75, 3.05) is 16.8 Å². The molecule has 2 amide bonds. The highest BCUT2D eigenvalue weighted by molar-refractivity contribution is 6.02. The predicted octanol–water partition coefficient (Wildman–Crippen LogP) is 3.57. The van der Waals surface area contributed by atoms with Gasteiger partial charge in [0.1, 0.15) is 12.6 Å². The van der Waals surface area contributed by atoms with Crippen LogP contribution in [0.3, 0.4) is 0 Å². The molecule has 0 saturated carbocycles. The van der Waals surface area contributed by atoms with E-state index in [1.54, 1.807) is 12.1 Å². The lowest BCUT2D eigenvalue weighted by Crippen LogP contribution is -2.36. The Morgan fingerprint density at radius 2 is 1.73 bits per heavy atom. The highest BCUT2D eigenvalue weighted by Gasteiger charge is 2.30. The Kier molecular flexibility index (Phi) is 5.62. The summed E-state index contributed by atoms with van der Waals surface area (Å²) in [5.74, 6) is -1.09. The zero-order valence-electron chi connectivity index (χ0n) is 13.7. The Bertz CT molecular complexity index is 855. The Balaban J connectivity index is 2.17. The maximum atomic E-state index is 12.6. The third-order valence-corrected chi connectivity index (χ3v) is 3.51. The number of benzene rings is 2. The Hall–Kier alpha value is -3.34. The first-order valence-electron chi connectivity index (χ1n) is 7.46. The highest BCUT2D eigenvalue weighted by atomic mass is 19.4. The first kappa shape index (κ1) is 19.0. The van der Waals surface area contributed by atoms with Gasteiger partial charge in [-0.1, -0.05) is 12.1 Å². The minimum atomic E-state index is -4.49. The van der Waals surface area contributed by atoms with Gasteiger partial charge in [-0.3, -0.25) is 9.59 Å². The number of nitrogens with one attached hydrogen (secondary N) is 1. The summed E-state index contributed by atoms with van der Waals surface area (Å²) in [4.78, 5) is 25.1. The van der Waals surface area contributed by atoms with E-state index < -0.39 is 30.1 Å². The fraction of sp³-hybridized carbons (Fsp3) is 0.167. The molecule has 0 aliphatic heterocycles. The van der Waals surface area contributed by atoms with E-state index in [1.807, 2.05) is 6.07 Å². The van der Waals surface area contributed by atoms with Gasteiger partial charge in [-0.2, -0.15) is 18.4 Å². The van der Waals surface area contributed by atoms with Gasteiger partial charge < -0.3 is 10.2 Å². The van der Waals surface area contributed by atoms with Crippen molar-refractivity contribution in [2.45, 2.75) is 13.1 Å². The van der Waals surface area contributed by atoms with Gasteiger partial charge in [0.25, 0.3) is 0 Å². The second-order valence-corrected chi connectivity index (χ2v) is 5.36. The quantitative estimate of drug-likeness (QED) is 0.905. The predicted molar refractivity (Wildman–Crippen MR) is 89.3 cm³/mol. The molecule has 26 heavy (non-hydrogen) atoms. The molecule has 0 atom stereocenters. The van der Waals surface area contributed by atoms with Crippen LogP contribution in [0.4, 0.5) is 24.5 Å². The van der Waals surface area contributed by atoms with Crippen LogP contribution in [0.1, 0.15) is 18.1 Å². The number of amides is 2. The van der Waals surface area contributed by atoms with Crippen molar-refractivity contribution < 1.29 is 22.8 Å². The lowest BCUT2D eigenvalue weighted by Gasteiger charge is -2.21. The number of rotatable bonds is 4. The number of nitriles is 1. The molecule has 134 valence electrons. The third kappa shape index (κ3) is 4.60. The SMILES string of the molecule is CC(=O)N(CC(=O)Nc1ccccc1C#N)c1ccc(C(F)(F)F)cc1. The van der Waals surface area contributed by atoms with Crippen molar-refractivity contribution in [3.63, 3.8) is 0 Å². The summed E-state index contributed by atoms with van der Waals surface area (Å²) in [5.41, 5.74) is -0.146. The molecule has 0 heterocycles. The molecule has 0 aliphatic carbocycles.